The van der Waals surface area contributed by atoms with Crippen LogP contribution in [-0.4, -0.2) is 12.3 Å². The van der Waals surface area contributed by atoms with Crippen molar-refractivity contribution in [1.29, 1.82) is 0 Å². The Morgan fingerprint density at radius 2 is 1.90 bits per heavy atom. The number of carbonyl (C=O) groups is 1. The summed E-state index contributed by atoms with van der Waals surface area (Å²) in [6.45, 7) is 1.77. The molecule has 0 N–H and O–H groups in total. The number of rotatable bonds is 2. The van der Waals surface area contributed by atoms with E-state index in [9.17, 15) is 4.79 Å². The second-order valence-electron chi connectivity index (χ2n) is 5.05. The van der Waals surface area contributed by atoms with E-state index < -0.39 is 12.3 Å². The molecule has 0 radical (unpaired) electrons. The summed E-state index contributed by atoms with van der Waals surface area (Å²) in [6.07, 6.45) is 5.00. The van der Waals surface area contributed by atoms with Crippen LogP contribution in [0.3, 0.4) is 0 Å². The molecule has 0 bridgehead atoms. The summed E-state index contributed by atoms with van der Waals surface area (Å²) in [5.74, 6) is 7.14. The van der Waals surface area contributed by atoms with Gasteiger partial charge in [-0.2, -0.15) is 0 Å². The molecule has 3 nitrogen and oxygen atoms in total. The number of benzene rings is 1. The summed E-state index contributed by atoms with van der Waals surface area (Å²) in [4.78, 5) is 11.6. The standard InChI is InChI=1S/C17H20O3/c1-14(12-13-15-8-4-2-5-9-15)19-17(18)20-16-10-6-3-7-11-16/h3,6-7,10-11,14-15H,2,4-5,8-9H2,1H3. The van der Waals surface area contributed by atoms with Crippen LogP contribution < -0.4 is 4.74 Å². The van der Waals surface area contributed by atoms with Gasteiger partial charge < -0.3 is 9.47 Å². The van der Waals surface area contributed by atoms with Gasteiger partial charge in [-0.15, -0.1) is 0 Å². The second-order valence-corrected chi connectivity index (χ2v) is 5.05. The molecule has 1 saturated carbocycles. The molecule has 20 heavy (non-hydrogen) atoms. The van der Waals surface area contributed by atoms with E-state index in [-0.39, 0.29) is 0 Å². The van der Waals surface area contributed by atoms with Crippen LogP contribution in [-0.2, 0) is 4.74 Å². The lowest BCUT2D eigenvalue weighted by Crippen LogP contribution is -2.17. The van der Waals surface area contributed by atoms with Crippen LogP contribution in [0, 0.1) is 17.8 Å². The van der Waals surface area contributed by atoms with Crippen LogP contribution in [0.4, 0.5) is 4.79 Å². The van der Waals surface area contributed by atoms with Crippen molar-refractivity contribution in [3.63, 3.8) is 0 Å². The smallest absolute Gasteiger partial charge is 0.418 e. The van der Waals surface area contributed by atoms with Gasteiger partial charge in [0.1, 0.15) is 5.75 Å². The highest BCUT2D eigenvalue weighted by atomic mass is 16.7. The van der Waals surface area contributed by atoms with E-state index in [0.29, 0.717) is 11.7 Å². The monoisotopic (exact) mass is 272 g/mol. The van der Waals surface area contributed by atoms with Crippen molar-refractivity contribution in [3.8, 4) is 17.6 Å². The van der Waals surface area contributed by atoms with E-state index in [1.807, 2.05) is 6.07 Å². The molecule has 0 aromatic heterocycles. The topological polar surface area (TPSA) is 35.5 Å². The number of ether oxygens (including phenoxy) is 2. The predicted molar refractivity (Wildman–Crippen MR) is 77.4 cm³/mol. The van der Waals surface area contributed by atoms with Crippen LogP contribution >= 0.6 is 0 Å². The third-order valence-electron chi connectivity index (χ3n) is 3.31. The average molecular weight is 272 g/mol. The van der Waals surface area contributed by atoms with Gasteiger partial charge in [-0.1, -0.05) is 49.3 Å². The fourth-order valence-electron chi connectivity index (χ4n) is 2.26. The summed E-state index contributed by atoms with van der Waals surface area (Å²) in [6, 6.07) is 8.87. The quantitative estimate of drug-likeness (QED) is 0.460. The number of hydrogen-bond acceptors (Lipinski definition) is 3. The van der Waals surface area contributed by atoms with Crippen molar-refractivity contribution in [3.05, 3.63) is 30.3 Å². The molecular formula is C17H20O3. The molecule has 106 valence electrons. The Kier molecular flexibility index (Phi) is 5.49. The van der Waals surface area contributed by atoms with Gasteiger partial charge in [-0.05, 0) is 31.9 Å². The Morgan fingerprint density at radius 1 is 1.20 bits per heavy atom. The highest BCUT2D eigenvalue weighted by molar-refractivity contribution is 5.64. The van der Waals surface area contributed by atoms with Crippen molar-refractivity contribution in [1.82, 2.24) is 0 Å². The largest absolute Gasteiger partial charge is 0.515 e. The van der Waals surface area contributed by atoms with E-state index in [4.69, 9.17) is 9.47 Å². The summed E-state index contributed by atoms with van der Waals surface area (Å²) in [7, 11) is 0. The lowest BCUT2D eigenvalue weighted by molar-refractivity contribution is 0.0852. The summed E-state index contributed by atoms with van der Waals surface area (Å²) >= 11 is 0. The van der Waals surface area contributed by atoms with Crippen LogP contribution in [0.1, 0.15) is 39.0 Å². The van der Waals surface area contributed by atoms with Crippen LogP contribution in [0.2, 0.25) is 0 Å². The molecule has 0 spiro atoms. The number of carbonyl (C=O) groups excluding carboxylic acids is 1. The van der Waals surface area contributed by atoms with Crippen LogP contribution in [0.15, 0.2) is 30.3 Å². The highest BCUT2D eigenvalue weighted by Crippen LogP contribution is 2.22. The van der Waals surface area contributed by atoms with Crippen LogP contribution in [0.5, 0.6) is 5.75 Å². The first kappa shape index (κ1) is 14.5. The van der Waals surface area contributed by atoms with E-state index in [2.05, 4.69) is 11.8 Å². The highest BCUT2D eigenvalue weighted by Gasteiger charge is 2.12. The van der Waals surface area contributed by atoms with E-state index >= 15 is 0 Å². The lowest BCUT2D eigenvalue weighted by atomic mass is 9.90. The molecule has 0 aliphatic heterocycles. The normalized spacial score (nSPS) is 16.6. The van der Waals surface area contributed by atoms with Gasteiger partial charge in [0.15, 0.2) is 6.10 Å². The van der Waals surface area contributed by atoms with E-state index in [0.717, 1.165) is 12.8 Å². The first-order valence-electron chi connectivity index (χ1n) is 7.18. The van der Waals surface area contributed by atoms with Gasteiger partial charge in [-0.3, -0.25) is 0 Å². The maximum absolute atomic E-state index is 11.6. The van der Waals surface area contributed by atoms with Crippen molar-refractivity contribution in [2.75, 3.05) is 0 Å². The molecule has 1 aliphatic carbocycles. The molecule has 3 heteroatoms. The van der Waals surface area contributed by atoms with E-state index in [1.54, 1.807) is 31.2 Å². The first-order chi connectivity index (χ1) is 9.74. The zero-order valence-corrected chi connectivity index (χ0v) is 11.8. The lowest BCUT2D eigenvalue weighted by Gasteiger charge is -2.16. The maximum atomic E-state index is 11.6. The van der Waals surface area contributed by atoms with Crippen molar-refractivity contribution in [2.45, 2.75) is 45.1 Å². The molecule has 1 atom stereocenters. The third kappa shape index (κ3) is 4.97. The molecular weight excluding hydrogens is 252 g/mol. The minimum atomic E-state index is -0.707. The second kappa shape index (κ2) is 7.59. The molecule has 2 rings (SSSR count). The fraction of sp³-hybridized carbons (Fsp3) is 0.471. The zero-order valence-electron chi connectivity index (χ0n) is 11.8. The van der Waals surface area contributed by atoms with Crippen LogP contribution in [0.25, 0.3) is 0 Å². The summed E-state index contributed by atoms with van der Waals surface area (Å²) in [5, 5.41) is 0. The van der Waals surface area contributed by atoms with Gasteiger partial charge in [0.05, 0.1) is 0 Å². The van der Waals surface area contributed by atoms with Crippen molar-refractivity contribution in [2.24, 2.45) is 5.92 Å². The molecule has 0 saturated heterocycles. The van der Waals surface area contributed by atoms with Crippen molar-refractivity contribution >= 4 is 6.16 Å². The van der Waals surface area contributed by atoms with Gasteiger partial charge in [0, 0.05) is 5.92 Å². The Morgan fingerprint density at radius 3 is 2.60 bits per heavy atom. The summed E-state index contributed by atoms with van der Waals surface area (Å²) in [5.41, 5.74) is 0. The van der Waals surface area contributed by atoms with Gasteiger partial charge in [0.25, 0.3) is 0 Å². The van der Waals surface area contributed by atoms with Crippen molar-refractivity contribution < 1.29 is 14.3 Å². The molecule has 1 aromatic carbocycles. The van der Waals surface area contributed by atoms with E-state index in [1.165, 1.54) is 19.3 Å². The van der Waals surface area contributed by atoms with Gasteiger partial charge in [0.2, 0.25) is 0 Å². The molecule has 0 heterocycles. The van der Waals surface area contributed by atoms with Gasteiger partial charge >= 0.3 is 6.16 Å². The third-order valence-corrected chi connectivity index (χ3v) is 3.31. The molecule has 0 amide bonds. The average Bonchev–Trinajstić information content (AvgIpc) is 2.47. The Balaban J connectivity index is 1.77. The predicted octanol–water partition coefficient (Wildman–Crippen LogP) is 4.17. The molecule has 1 fully saturated rings. The fourth-order valence-corrected chi connectivity index (χ4v) is 2.26. The molecule has 1 aliphatic rings. The molecule has 1 aromatic rings. The minimum absolute atomic E-state index is 0.437. The number of hydrogen-bond donors (Lipinski definition) is 0. The molecule has 1 unspecified atom stereocenters. The van der Waals surface area contributed by atoms with Gasteiger partial charge in [-0.25, -0.2) is 4.79 Å². The first-order valence-corrected chi connectivity index (χ1v) is 7.18. The Labute approximate surface area is 120 Å². The SMILES string of the molecule is CC(C#CC1CCCCC1)OC(=O)Oc1ccccc1. The Hall–Kier alpha value is -1.95. The summed E-state index contributed by atoms with van der Waals surface area (Å²) < 4.78 is 10.2. The zero-order chi connectivity index (χ0) is 14.2. The Bertz CT molecular complexity index is 478. The maximum Gasteiger partial charge on any atom is 0.515 e. The number of para-hydroxylation sites is 1. The minimum Gasteiger partial charge on any atom is -0.418 e.